The fraction of sp³-hybridized carbons (Fsp3) is 0.857. The molecule has 2 heteroatoms. The molecule has 0 heterocycles. The molecule has 0 radical (unpaired) electrons. The normalized spacial score (nSPS) is 12.0. The van der Waals surface area contributed by atoms with Crippen LogP contribution in [0.3, 0.4) is 0 Å². The first-order valence-corrected chi connectivity index (χ1v) is 9.76. The van der Waals surface area contributed by atoms with Gasteiger partial charge >= 0.3 is 5.97 Å². The van der Waals surface area contributed by atoms with Crippen molar-refractivity contribution in [3.8, 4) is 0 Å². The van der Waals surface area contributed by atoms with Gasteiger partial charge in [-0.15, -0.1) is 0 Å². The van der Waals surface area contributed by atoms with Crippen LogP contribution >= 0.6 is 0 Å². The van der Waals surface area contributed by atoms with Crippen molar-refractivity contribution in [2.75, 3.05) is 6.61 Å². The van der Waals surface area contributed by atoms with Crippen LogP contribution in [-0.2, 0) is 9.53 Å². The largest absolute Gasteiger partial charge is 0.465 e. The highest BCUT2D eigenvalue weighted by Crippen LogP contribution is 2.14. The molecule has 0 rings (SSSR count). The van der Waals surface area contributed by atoms with Crippen LogP contribution in [0.5, 0.6) is 0 Å². The van der Waals surface area contributed by atoms with Gasteiger partial charge in [0.25, 0.3) is 0 Å². The number of carbonyl (C=O) groups excluding carboxylic acids is 1. The zero-order valence-electron chi connectivity index (χ0n) is 16.2. The van der Waals surface area contributed by atoms with Crippen molar-refractivity contribution >= 4 is 5.97 Å². The molecular weight excluding hydrogens is 284 g/mol. The summed E-state index contributed by atoms with van der Waals surface area (Å²) in [6, 6.07) is 0. The van der Waals surface area contributed by atoms with E-state index in [4.69, 9.17) is 4.74 Å². The topological polar surface area (TPSA) is 26.3 Å². The maximum Gasteiger partial charge on any atom is 0.305 e. The zero-order valence-corrected chi connectivity index (χ0v) is 16.2. The van der Waals surface area contributed by atoms with Crippen LogP contribution in [0.15, 0.2) is 12.2 Å². The van der Waals surface area contributed by atoms with E-state index in [1.54, 1.807) is 0 Å². The maximum atomic E-state index is 11.6. The van der Waals surface area contributed by atoms with Crippen molar-refractivity contribution < 1.29 is 9.53 Å². The monoisotopic (exact) mass is 324 g/mol. The third-order valence-electron chi connectivity index (χ3n) is 3.81. The molecule has 0 aliphatic rings. The Morgan fingerprint density at radius 1 is 0.826 bits per heavy atom. The molecule has 0 saturated heterocycles. The summed E-state index contributed by atoms with van der Waals surface area (Å²) in [7, 11) is 0. The molecule has 0 aromatic carbocycles. The molecule has 0 amide bonds. The average Bonchev–Trinajstić information content (AvgIpc) is 2.49. The van der Waals surface area contributed by atoms with Gasteiger partial charge in [-0.1, -0.05) is 78.4 Å². The summed E-state index contributed by atoms with van der Waals surface area (Å²) in [4.78, 5) is 11.6. The summed E-state index contributed by atoms with van der Waals surface area (Å²) in [5, 5.41) is 0. The summed E-state index contributed by atoms with van der Waals surface area (Å²) >= 11 is 0. The Hall–Kier alpha value is -0.790. The second-order valence-corrected chi connectivity index (χ2v) is 7.85. The minimum absolute atomic E-state index is 0.0362. The molecule has 23 heavy (non-hydrogen) atoms. The minimum atomic E-state index is -0.0362. The number of esters is 1. The van der Waals surface area contributed by atoms with Gasteiger partial charge in [-0.25, -0.2) is 0 Å². The standard InChI is InChI=1S/C21H40O2/c1-5-6-7-8-9-10-11-12-13-14-15-16-17-18-20(22)23-19-21(2,3)4/h10-11H,5-9,12-19H2,1-4H3/b11-10-. The number of unbranched alkanes of at least 4 members (excludes halogenated alkanes) is 9. The van der Waals surface area contributed by atoms with Crippen LogP contribution in [0.2, 0.25) is 0 Å². The number of allylic oxidation sites excluding steroid dienone is 2. The van der Waals surface area contributed by atoms with E-state index in [2.05, 4.69) is 39.8 Å². The molecule has 0 saturated carbocycles. The maximum absolute atomic E-state index is 11.6. The van der Waals surface area contributed by atoms with Crippen LogP contribution < -0.4 is 0 Å². The smallest absolute Gasteiger partial charge is 0.305 e. The second-order valence-electron chi connectivity index (χ2n) is 7.85. The predicted molar refractivity (Wildman–Crippen MR) is 101 cm³/mol. The lowest BCUT2D eigenvalue weighted by Gasteiger charge is -2.17. The second kappa shape index (κ2) is 14.8. The Kier molecular flexibility index (Phi) is 14.3. The van der Waals surface area contributed by atoms with Crippen molar-refractivity contribution in [1.29, 1.82) is 0 Å². The van der Waals surface area contributed by atoms with E-state index < -0.39 is 0 Å². The Morgan fingerprint density at radius 3 is 1.91 bits per heavy atom. The molecule has 0 aliphatic carbocycles. The number of hydrogen-bond donors (Lipinski definition) is 0. The molecular formula is C21H40O2. The van der Waals surface area contributed by atoms with E-state index in [1.165, 1.54) is 57.8 Å². The summed E-state index contributed by atoms with van der Waals surface area (Å²) in [6.45, 7) is 9.03. The quantitative estimate of drug-likeness (QED) is 0.199. The van der Waals surface area contributed by atoms with Gasteiger partial charge in [-0.2, -0.15) is 0 Å². The van der Waals surface area contributed by atoms with E-state index in [0.29, 0.717) is 13.0 Å². The third-order valence-corrected chi connectivity index (χ3v) is 3.81. The van der Waals surface area contributed by atoms with E-state index in [-0.39, 0.29) is 11.4 Å². The van der Waals surface area contributed by atoms with Gasteiger partial charge in [-0.3, -0.25) is 4.79 Å². The molecule has 0 aromatic heterocycles. The van der Waals surface area contributed by atoms with Gasteiger partial charge in [0.15, 0.2) is 0 Å². The zero-order chi connectivity index (χ0) is 17.4. The van der Waals surface area contributed by atoms with Gasteiger partial charge in [0, 0.05) is 6.42 Å². The highest BCUT2D eigenvalue weighted by molar-refractivity contribution is 5.69. The van der Waals surface area contributed by atoms with Gasteiger partial charge in [0.1, 0.15) is 0 Å². The van der Waals surface area contributed by atoms with Crippen molar-refractivity contribution in [2.45, 2.75) is 105 Å². The minimum Gasteiger partial charge on any atom is -0.465 e. The first kappa shape index (κ1) is 22.2. The van der Waals surface area contributed by atoms with E-state index in [1.807, 2.05) is 0 Å². The van der Waals surface area contributed by atoms with E-state index >= 15 is 0 Å². The van der Waals surface area contributed by atoms with Gasteiger partial charge in [0.05, 0.1) is 6.61 Å². The molecule has 0 bridgehead atoms. The molecule has 0 spiro atoms. The number of carbonyl (C=O) groups is 1. The molecule has 0 N–H and O–H groups in total. The fourth-order valence-corrected chi connectivity index (χ4v) is 2.36. The molecule has 0 atom stereocenters. The summed E-state index contributed by atoms with van der Waals surface area (Å²) < 4.78 is 5.27. The first-order valence-electron chi connectivity index (χ1n) is 9.76. The summed E-state index contributed by atoms with van der Waals surface area (Å²) in [5.41, 5.74) is 0.0686. The van der Waals surface area contributed by atoms with Gasteiger partial charge < -0.3 is 4.74 Å². The van der Waals surface area contributed by atoms with Crippen LogP contribution in [0.4, 0.5) is 0 Å². The van der Waals surface area contributed by atoms with Gasteiger partial charge in [0.2, 0.25) is 0 Å². The van der Waals surface area contributed by atoms with Crippen LogP contribution in [-0.4, -0.2) is 12.6 Å². The van der Waals surface area contributed by atoms with E-state index in [0.717, 1.165) is 12.8 Å². The highest BCUT2D eigenvalue weighted by Gasteiger charge is 2.13. The van der Waals surface area contributed by atoms with Crippen LogP contribution in [0.1, 0.15) is 105 Å². The van der Waals surface area contributed by atoms with Gasteiger partial charge in [-0.05, 0) is 37.5 Å². The molecule has 136 valence electrons. The Balaban J connectivity index is 3.27. The molecule has 0 unspecified atom stereocenters. The number of ether oxygens (including phenoxy) is 1. The molecule has 0 fully saturated rings. The van der Waals surface area contributed by atoms with Crippen molar-refractivity contribution in [2.24, 2.45) is 5.41 Å². The SMILES string of the molecule is CCCCCC/C=C\CCCCCCCC(=O)OCC(C)(C)C. The Bertz CT molecular complexity index is 299. The molecule has 2 nitrogen and oxygen atoms in total. The average molecular weight is 325 g/mol. The van der Waals surface area contributed by atoms with E-state index in [9.17, 15) is 4.79 Å². The Morgan fingerprint density at radius 2 is 1.35 bits per heavy atom. The molecule has 0 aliphatic heterocycles. The first-order chi connectivity index (χ1) is 11.0. The summed E-state index contributed by atoms with van der Waals surface area (Å²) in [6.07, 6.45) is 19.0. The predicted octanol–water partition coefficient (Wildman–Crippen LogP) is 6.83. The van der Waals surface area contributed by atoms with Crippen molar-refractivity contribution in [3.63, 3.8) is 0 Å². The lowest BCUT2D eigenvalue weighted by molar-refractivity contribution is -0.146. The number of hydrogen-bond acceptors (Lipinski definition) is 2. The summed E-state index contributed by atoms with van der Waals surface area (Å²) in [5.74, 6) is -0.0362. The Labute approximate surface area is 145 Å². The lowest BCUT2D eigenvalue weighted by atomic mass is 9.99. The number of rotatable bonds is 14. The lowest BCUT2D eigenvalue weighted by Crippen LogP contribution is -2.18. The van der Waals surface area contributed by atoms with Crippen LogP contribution in [0, 0.1) is 5.41 Å². The molecule has 0 aromatic rings. The van der Waals surface area contributed by atoms with Crippen molar-refractivity contribution in [1.82, 2.24) is 0 Å². The highest BCUT2D eigenvalue weighted by atomic mass is 16.5. The fourth-order valence-electron chi connectivity index (χ4n) is 2.36. The van der Waals surface area contributed by atoms with Crippen LogP contribution in [0.25, 0.3) is 0 Å². The third kappa shape index (κ3) is 19.2. The van der Waals surface area contributed by atoms with Crippen molar-refractivity contribution in [3.05, 3.63) is 12.2 Å².